The molecule has 0 atom stereocenters. The molecule has 0 spiro atoms. The van der Waals surface area contributed by atoms with Crippen LogP contribution in [0.3, 0.4) is 0 Å². The number of hydrogen-bond donors (Lipinski definition) is 2. The van der Waals surface area contributed by atoms with Gasteiger partial charge in [-0.3, -0.25) is 9.69 Å². The number of furan rings is 1. The lowest BCUT2D eigenvalue weighted by Crippen LogP contribution is -2.38. The van der Waals surface area contributed by atoms with E-state index in [0.717, 1.165) is 12.3 Å². The maximum absolute atomic E-state index is 11.5. The van der Waals surface area contributed by atoms with Crippen molar-refractivity contribution in [3.8, 4) is 0 Å². The van der Waals surface area contributed by atoms with Crippen molar-refractivity contribution in [1.29, 1.82) is 0 Å². The van der Waals surface area contributed by atoms with Gasteiger partial charge in [-0.1, -0.05) is 6.92 Å². The van der Waals surface area contributed by atoms with E-state index in [1.165, 1.54) is 0 Å². The van der Waals surface area contributed by atoms with Gasteiger partial charge >= 0.3 is 0 Å². The Bertz CT molecular complexity index is 298. The summed E-state index contributed by atoms with van der Waals surface area (Å²) in [7, 11) is 0. The van der Waals surface area contributed by atoms with E-state index >= 15 is 0 Å². The molecule has 0 radical (unpaired) electrons. The number of nitrogens with one attached hydrogen (secondary N) is 1. The van der Waals surface area contributed by atoms with Crippen LogP contribution in [0.2, 0.25) is 0 Å². The average Bonchev–Trinajstić information content (AvgIpc) is 2.78. The lowest BCUT2D eigenvalue weighted by Gasteiger charge is -2.18. The van der Waals surface area contributed by atoms with E-state index in [2.05, 4.69) is 5.32 Å². The van der Waals surface area contributed by atoms with Gasteiger partial charge in [0.2, 0.25) is 5.91 Å². The first-order valence-corrected chi connectivity index (χ1v) is 5.47. The molecule has 0 aliphatic rings. The van der Waals surface area contributed by atoms with E-state index in [-0.39, 0.29) is 5.91 Å². The summed E-state index contributed by atoms with van der Waals surface area (Å²) < 4.78 is 5.24. The quantitative estimate of drug-likeness (QED) is 0.694. The molecule has 16 heavy (non-hydrogen) atoms. The van der Waals surface area contributed by atoms with Crippen molar-refractivity contribution >= 4 is 5.91 Å². The zero-order valence-electron chi connectivity index (χ0n) is 9.61. The third-order valence-electron chi connectivity index (χ3n) is 2.24. The molecule has 0 unspecified atom stereocenters. The first kappa shape index (κ1) is 12.7. The number of hydrogen-bond acceptors (Lipinski definition) is 4. The van der Waals surface area contributed by atoms with Gasteiger partial charge in [0.25, 0.3) is 0 Å². The maximum atomic E-state index is 11.5. The predicted molar refractivity (Wildman–Crippen MR) is 61.7 cm³/mol. The van der Waals surface area contributed by atoms with Gasteiger partial charge in [-0.05, 0) is 18.7 Å². The maximum Gasteiger partial charge on any atom is 0.234 e. The Morgan fingerprint density at radius 2 is 2.44 bits per heavy atom. The summed E-state index contributed by atoms with van der Waals surface area (Å²) in [6.07, 6.45) is 1.64. The van der Waals surface area contributed by atoms with Gasteiger partial charge in [-0.25, -0.2) is 0 Å². The summed E-state index contributed by atoms with van der Waals surface area (Å²) in [6.45, 7) is 4.83. The minimum Gasteiger partial charge on any atom is -0.468 e. The van der Waals surface area contributed by atoms with Crippen LogP contribution in [0.15, 0.2) is 22.8 Å². The highest BCUT2D eigenvalue weighted by Gasteiger charge is 2.10. The molecule has 0 bridgehead atoms. The normalized spacial score (nSPS) is 10.7. The van der Waals surface area contributed by atoms with Gasteiger partial charge in [-0.2, -0.15) is 0 Å². The van der Waals surface area contributed by atoms with E-state index in [1.54, 1.807) is 6.26 Å². The second-order valence-electron chi connectivity index (χ2n) is 3.52. The van der Waals surface area contributed by atoms with Crippen LogP contribution in [0.25, 0.3) is 0 Å². The second-order valence-corrected chi connectivity index (χ2v) is 3.52. The number of carbonyl (C=O) groups excluding carboxylic acids is 1. The molecule has 0 fully saturated rings. The number of carbonyl (C=O) groups is 1. The van der Waals surface area contributed by atoms with Crippen LogP contribution in [-0.4, -0.2) is 37.0 Å². The number of nitrogens with zero attached hydrogens (tertiary/aromatic N) is 1. The molecule has 1 amide bonds. The number of rotatable bonds is 7. The van der Waals surface area contributed by atoms with Gasteiger partial charge in [0.05, 0.1) is 19.4 Å². The second kappa shape index (κ2) is 7.03. The lowest BCUT2D eigenvalue weighted by molar-refractivity contribution is -0.122. The van der Waals surface area contributed by atoms with Crippen LogP contribution in [-0.2, 0) is 11.3 Å². The molecule has 0 saturated heterocycles. The van der Waals surface area contributed by atoms with Crippen molar-refractivity contribution in [1.82, 2.24) is 10.2 Å². The molecule has 0 aromatic carbocycles. The Labute approximate surface area is 95.6 Å². The Hall–Kier alpha value is -1.33. The Morgan fingerprint density at radius 3 is 3.00 bits per heavy atom. The molecule has 1 aromatic rings. The van der Waals surface area contributed by atoms with Crippen LogP contribution >= 0.6 is 0 Å². The minimum absolute atomic E-state index is 0.00106. The number of likely N-dealkylation sites (N-methyl/N-ethyl adjacent to an activating group) is 1. The monoisotopic (exact) mass is 225 g/mol. The van der Waals surface area contributed by atoms with E-state index in [4.69, 9.17) is 10.2 Å². The third-order valence-corrected chi connectivity index (χ3v) is 2.24. The first-order valence-electron chi connectivity index (χ1n) is 5.47. The van der Waals surface area contributed by atoms with Crippen molar-refractivity contribution < 1.29 is 9.21 Å². The fraction of sp³-hybridized carbons (Fsp3) is 0.545. The lowest BCUT2D eigenvalue weighted by atomic mass is 10.3. The Morgan fingerprint density at radius 1 is 1.62 bits per heavy atom. The summed E-state index contributed by atoms with van der Waals surface area (Å²) >= 11 is 0. The molecule has 5 heteroatoms. The van der Waals surface area contributed by atoms with Crippen LogP contribution < -0.4 is 11.1 Å². The van der Waals surface area contributed by atoms with Crippen molar-refractivity contribution in [2.75, 3.05) is 26.2 Å². The van der Waals surface area contributed by atoms with Gasteiger partial charge in [0, 0.05) is 13.1 Å². The molecule has 0 aliphatic carbocycles. The minimum atomic E-state index is -0.00106. The summed E-state index contributed by atoms with van der Waals surface area (Å²) in [6, 6.07) is 3.75. The van der Waals surface area contributed by atoms with Gasteiger partial charge in [0.1, 0.15) is 5.76 Å². The van der Waals surface area contributed by atoms with Crippen LogP contribution in [0.1, 0.15) is 12.7 Å². The van der Waals surface area contributed by atoms with Crippen molar-refractivity contribution in [2.24, 2.45) is 5.73 Å². The van der Waals surface area contributed by atoms with Crippen molar-refractivity contribution in [3.05, 3.63) is 24.2 Å². The van der Waals surface area contributed by atoms with Crippen molar-refractivity contribution in [3.63, 3.8) is 0 Å². The van der Waals surface area contributed by atoms with Crippen LogP contribution in [0.5, 0.6) is 0 Å². The molecule has 1 heterocycles. The predicted octanol–water partition coefficient (Wildman–Crippen LogP) is 0.176. The van der Waals surface area contributed by atoms with Crippen LogP contribution in [0, 0.1) is 0 Å². The Balaban J connectivity index is 2.34. The zero-order chi connectivity index (χ0) is 11.8. The molecular weight excluding hydrogens is 206 g/mol. The molecule has 1 rings (SSSR count). The van der Waals surface area contributed by atoms with Crippen molar-refractivity contribution in [2.45, 2.75) is 13.5 Å². The first-order chi connectivity index (χ1) is 7.76. The zero-order valence-corrected chi connectivity index (χ0v) is 9.61. The molecule has 3 N–H and O–H groups in total. The van der Waals surface area contributed by atoms with Gasteiger partial charge in [0.15, 0.2) is 0 Å². The summed E-state index contributed by atoms with van der Waals surface area (Å²) in [4.78, 5) is 13.5. The highest BCUT2D eigenvalue weighted by molar-refractivity contribution is 5.77. The molecular formula is C11H19N3O2. The fourth-order valence-corrected chi connectivity index (χ4v) is 1.37. The number of nitrogens with two attached hydrogens (primary N) is 1. The van der Waals surface area contributed by atoms with Gasteiger partial charge < -0.3 is 15.5 Å². The molecule has 90 valence electrons. The highest BCUT2D eigenvalue weighted by atomic mass is 16.3. The summed E-state index contributed by atoms with van der Waals surface area (Å²) in [5.41, 5.74) is 5.31. The molecule has 5 nitrogen and oxygen atoms in total. The summed E-state index contributed by atoms with van der Waals surface area (Å²) in [5, 5.41) is 2.74. The van der Waals surface area contributed by atoms with Gasteiger partial charge in [-0.15, -0.1) is 0 Å². The van der Waals surface area contributed by atoms with E-state index in [1.807, 2.05) is 24.0 Å². The largest absolute Gasteiger partial charge is 0.468 e. The van der Waals surface area contributed by atoms with Crippen LogP contribution in [0.4, 0.5) is 0 Å². The molecule has 0 saturated carbocycles. The van der Waals surface area contributed by atoms with E-state index in [9.17, 15) is 4.79 Å². The third kappa shape index (κ3) is 4.46. The topological polar surface area (TPSA) is 71.5 Å². The molecule has 0 aliphatic heterocycles. The Kier molecular flexibility index (Phi) is 5.60. The average molecular weight is 225 g/mol. The molecule has 1 aromatic heterocycles. The smallest absolute Gasteiger partial charge is 0.234 e. The van der Waals surface area contributed by atoms with E-state index in [0.29, 0.717) is 26.2 Å². The number of amides is 1. The SMILES string of the molecule is CCN(CC(=O)NCCN)Cc1ccco1. The fourth-order valence-electron chi connectivity index (χ4n) is 1.37. The standard InChI is InChI=1S/C11H19N3O2/c1-2-14(8-10-4-3-7-16-10)9-11(15)13-6-5-12/h3-4,7H,2,5-6,8-9,12H2,1H3,(H,13,15). The van der Waals surface area contributed by atoms with E-state index < -0.39 is 0 Å². The summed E-state index contributed by atoms with van der Waals surface area (Å²) in [5.74, 6) is 0.868. The highest BCUT2D eigenvalue weighted by Crippen LogP contribution is 2.04.